The van der Waals surface area contributed by atoms with Crippen LogP contribution < -0.4 is 16.0 Å². The lowest BCUT2D eigenvalue weighted by Crippen LogP contribution is -2.38. The Morgan fingerprint density at radius 2 is 2.04 bits per heavy atom. The number of nitrogen functional groups attached to an aromatic ring is 1. The standard InChI is InChI=1S/C18H25N5/c1-12-7-8-15(13(2)10-12)22-17-16(19)18(21-11-20-17)23-9-5-4-6-14(23)3/h7-8,10-11,14H,4-6,9,19H2,1-3H3,(H,20,21,22). The fourth-order valence-electron chi connectivity index (χ4n) is 3.21. The van der Waals surface area contributed by atoms with Crippen molar-refractivity contribution in [2.75, 3.05) is 22.5 Å². The lowest BCUT2D eigenvalue weighted by atomic mass is 10.0. The number of piperidine rings is 1. The molecule has 0 spiro atoms. The van der Waals surface area contributed by atoms with E-state index in [0.29, 0.717) is 17.5 Å². The van der Waals surface area contributed by atoms with E-state index in [1.54, 1.807) is 6.33 Å². The molecule has 1 saturated heterocycles. The van der Waals surface area contributed by atoms with E-state index >= 15 is 0 Å². The molecule has 1 aromatic carbocycles. The van der Waals surface area contributed by atoms with Gasteiger partial charge in [0.05, 0.1) is 0 Å². The number of nitrogens with two attached hydrogens (primary N) is 1. The van der Waals surface area contributed by atoms with E-state index in [0.717, 1.165) is 18.1 Å². The Kier molecular flexibility index (Phi) is 4.37. The molecule has 5 nitrogen and oxygen atoms in total. The van der Waals surface area contributed by atoms with Crippen molar-refractivity contribution in [2.24, 2.45) is 0 Å². The first kappa shape index (κ1) is 15.6. The summed E-state index contributed by atoms with van der Waals surface area (Å²) in [4.78, 5) is 11.1. The van der Waals surface area contributed by atoms with Gasteiger partial charge in [0.2, 0.25) is 0 Å². The van der Waals surface area contributed by atoms with Gasteiger partial charge in [0.25, 0.3) is 0 Å². The summed E-state index contributed by atoms with van der Waals surface area (Å²) < 4.78 is 0. The van der Waals surface area contributed by atoms with Gasteiger partial charge in [0.15, 0.2) is 11.6 Å². The first-order valence-corrected chi connectivity index (χ1v) is 8.27. The maximum absolute atomic E-state index is 6.38. The van der Waals surface area contributed by atoms with Crippen molar-refractivity contribution >= 4 is 23.0 Å². The summed E-state index contributed by atoms with van der Waals surface area (Å²) >= 11 is 0. The van der Waals surface area contributed by atoms with Gasteiger partial charge in [-0.1, -0.05) is 17.7 Å². The maximum atomic E-state index is 6.38. The molecule has 0 aliphatic carbocycles. The highest BCUT2D eigenvalue weighted by Gasteiger charge is 2.23. The maximum Gasteiger partial charge on any atom is 0.159 e. The number of nitrogens with one attached hydrogen (secondary N) is 1. The van der Waals surface area contributed by atoms with E-state index in [2.05, 4.69) is 59.2 Å². The highest BCUT2D eigenvalue weighted by molar-refractivity contribution is 5.79. The summed E-state index contributed by atoms with van der Waals surface area (Å²) in [6, 6.07) is 6.76. The predicted octanol–water partition coefficient (Wildman–Crippen LogP) is 3.80. The van der Waals surface area contributed by atoms with Gasteiger partial charge in [0.1, 0.15) is 12.0 Å². The Labute approximate surface area is 137 Å². The molecule has 1 fully saturated rings. The lowest BCUT2D eigenvalue weighted by Gasteiger charge is -2.35. The molecule has 1 unspecified atom stereocenters. The van der Waals surface area contributed by atoms with Crippen LogP contribution in [-0.2, 0) is 0 Å². The number of rotatable bonds is 3. The molecule has 2 heterocycles. The summed E-state index contributed by atoms with van der Waals surface area (Å²) in [5.74, 6) is 1.53. The molecule has 5 heteroatoms. The molecule has 3 rings (SSSR count). The molecule has 0 amide bonds. The van der Waals surface area contributed by atoms with Crippen LogP contribution in [0.15, 0.2) is 24.5 Å². The van der Waals surface area contributed by atoms with Crippen LogP contribution in [0.3, 0.4) is 0 Å². The fraction of sp³-hybridized carbons (Fsp3) is 0.444. The monoisotopic (exact) mass is 311 g/mol. The Morgan fingerprint density at radius 3 is 2.78 bits per heavy atom. The van der Waals surface area contributed by atoms with Gasteiger partial charge in [-0.25, -0.2) is 9.97 Å². The highest BCUT2D eigenvalue weighted by Crippen LogP contribution is 2.32. The molecule has 0 bridgehead atoms. The Balaban J connectivity index is 1.90. The number of hydrogen-bond donors (Lipinski definition) is 2. The van der Waals surface area contributed by atoms with Crippen molar-refractivity contribution in [3.05, 3.63) is 35.7 Å². The quantitative estimate of drug-likeness (QED) is 0.902. The van der Waals surface area contributed by atoms with Crippen molar-refractivity contribution in [3.8, 4) is 0 Å². The minimum Gasteiger partial charge on any atom is -0.393 e. The van der Waals surface area contributed by atoms with E-state index in [-0.39, 0.29) is 0 Å². The van der Waals surface area contributed by atoms with Crippen LogP contribution in [0, 0.1) is 13.8 Å². The lowest BCUT2D eigenvalue weighted by molar-refractivity contribution is 0.481. The third-order valence-corrected chi connectivity index (χ3v) is 4.57. The Hall–Kier alpha value is -2.30. The average Bonchev–Trinajstić information content (AvgIpc) is 2.53. The van der Waals surface area contributed by atoms with Crippen LogP contribution in [0.4, 0.5) is 23.0 Å². The number of hydrogen-bond acceptors (Lipinski definition) is 5. The van der Waals surface area contributed by atoms with Gasteiger partial charge in [-0.15, -0.1) is 0 Å². The molecular formula is C18H25N5. The highest BCUT2D eigenvalue weighted by atomic mass is 15.2. The summed E-state index contributed by atoms with van der Waals surface area (Å²) in [5.41, 5.74) is 10.4. The first-order valence-electron chi connectivity index (χ1n) is 8.27. The number of aryl methyl sites for hydroxylation is 2. The SMILES string of the molecule is Cc1ccc(Nc2ncnc(N3CCCCC3C)c2N)c(C)c1. The van der Waals surface area contributed by atoms with Crippen molar-refractivity contribution in [3.63, 3.8) is 0 Å². The third kappa shape index (κ3) is 3.23. The van der Waals surface area contributed by atoms with Gasteiger partial charge in [0, 0.05) is 18.3 Å². The number of benzene rings is 1. The second-order valence-corrected chi connectivity index (χ2v) is 6.44. The van der Waals surface area contributed by atoms with Gasteiger partial charge >= 0.3 is 0 Å². The zero-order valence-corrected chi connectivity index (χ0v) is 14.1. The number of nitrogens with zero attached hydrogens (tertiary/aromatic N) is 3. The van der Waals surface area contributed by atoms with Crippen LogP contribution in [0.2, 0.25) is 0 Å². The Morgan fingerprint density at radius 1 is 1.22 bits per heavy atom. The molecule has 0 radical (unpaired) electrons. The van der Waals surface area contributed by atoms with E-state index in [1.807, 2.05) is 0 Å². The first-order chi connectivity index (χ1) is 11.1. The van der Waals surface area contributed by atoms with Crippen molar-refractivity contribution in [2.45, 2.75) is 46.1 Å². The Bertz CT molecular complexity index is 698. The minimum atomic E-state index is 0.468. The van der Waals surface area contributed by atoms with Crippen LogP contribution >= 0.6 is 0 Å². The van der Waals surface area contributed by atoms with Crippen LogP contribution in [0.25, 0.3) is 0 Å². The number of anilines is 4. The topological polar surface area (TPSA) is 67.1 Å². The molecule has 2 aromatic rings. The fourth-order valence-corrected chi connectivity index (χ4v) is 3.21. The zero-order valence-electron chi connectivity index (χ0n) is 14.1. The third-order valence-electron chi connectivity index (χ3n) is 4.57. The normalized spacial score (nSPS) is 18.0. The summed E-state index contributed by atoms with van der Waals surface area (Å²) in [5, 5.41) is 3.36. The predicted molar refractivity (Wildman–Crippen MR) is 96.3 cm³/mol. The molecule has 1 aromatic heterocycles. The molecule has 3 N–H and O–H groups in total. The van der Waals surface area contributed by atoms with Crippen molar-refractivity contribution < 1.29 is 0 Å². The number of aromatic nitrogens is 2. The summed E-state index contributed by atoms with van der Waals surface area (Å²) in [6.45, 7) is 7.41. The smallest absolute Gasteiger partial charge is 0.159 e. The zero-order chi connectivity index (χ0) is 16.4. The summed E-state index contributed by atoms with van der Waals surface area (Å²) in [6.07, 6.45) is 5.24. The van der Waals surface area contributed by atoms with Gasteiger partial charge in [-0.3, -0.25) is 0 Å². The van der Waals surface area contributed by atoms with Crippen molar-refractivity contribution in [1.29, 1.82) is 0 Å². The van der Waals surface area contributed by atoms with E-state index in [9.17, 15) is 0 Å². The van der Waals surface area contributed by atoms with Crippen molar-refractivity contribution in [1.82, 2.24) is 9.97 Å². The molecule has 23 heavy (non-hydrogen) atoms. The molecule has 0 saturated carbocycles. The van der Waals surface area contributed by atoms with E-state index < -0.39 is 0 Å². The van der Waals surface area contributed by atoms with Crippen LogP contribution in [0.5, 0.6) is 0 Å². The molecule has 122 valence electrons. The second kappa shape index (κ2) is 6.44. The molecule has 1 aliphatic heterocycles. The molecular weight excluding hydrogens is 286 g/mol. The second-order valence-electron chi connectivity index (χ2n) is 6.44. The van der Waals surface area contributed by atoms with E-state index in [1.165, 1.54) is 30.4 Å². The molecule has 1 aliphatic rings. The van der Waals surface area contributed by atoms with Crippen LogP contribution in [-0.4, -0.2) is 22.6 Å². The minimum absolute atomic E-state index is 0.468. The van der Waals surface area contributed by atoms with Gasteiger partial charge in [-0.2, -0.15) is 0 Å². The summed E-state index contributed by atoms with van der Waals surface area (Å²) in [7, 11) is 0. The largest absolute Gasteiger partial charge is 0.393 e. The van der Waals surface area contributed by atoms with E-state index in [4.69, 9.17) is 5.73 Å². The average molecular weight is 311 g/mol. The van der Waals surface area contributed by atoms with Crippen LogP contribution in [0.1, 0.15) is 37.3 Å². The van der Waals surface area contributed by atoms with Gasteiger partial charge < -0.3 is 16.0 Å². The van der Waals surface area contributed by atoms with Gasteiger partial charge in [-0.05, 0) is 51.7 Å². The molecule has 1 atom stereocenters.